The van der Waals surface area contributed by atoms with Crippen LogP contribution in [0, 0.1) is 18.7 Å². The Morgan fingerprint density at radius 1 is 1.27 bits per heavy atom. The second-order valence-electron chi connectivity index (χ2n) is 6.12. The Morgan fingerprint density at radius 2 is 2.09 bits per heavy atom. The zero-order chi connectivity index (χ0) is 15.4. The van der Waals surface area contributed by atoms with Gasteiger partial charge in [-0.25, -0.2) is 4.39 Å². The number of nitrogens with zero attached hydrogens (tertiary/aromatic N) is 3. The fourth-order valence-electron chi connectivity index (χ4n) is 3.15. The summed E-state index contributed by atoms with van der Waals surface area (Å²) in [6.45, 7) is 4.73. The van der Waals surface area contributed by atoms with Crippen molar-refractivity contribution >= 4 is 0 Å². The van der Waals surface area contributed by atoms with E-state index in [0.29, 0.717) is 17.7 Å². The lowest BCUT2D eigenvalue weighted by molar-refractivity contribution is 0.149. The smallest absolute Gasteiger partial charge is 0.230 e. The van der Waals surface area contributed by atoms with Crippen LogP contribution in [0.3, 0.4) is 0 Å². The Bertz CT molecular complexity index is 596. The molecule has 2 heterocycles. The molecule has 5 heteroatoms. The monoisotopic (exact) mass is 303 g/mol. The van der Waals surface area contributed by atoms with E-state index >= 15 is 0 Å². The fraction of sp³-hybridized carbons (Fsp3) is 0.529. The standard InChI is InChI=1S/C17H22FN3O/c1-13-19-20-17(22-13)12-21-10-2-3-15(11-21)5-4-14-6-8-16(18)9-7-14/h6-9,15H,2-5,10-12H2,1H3. The highest BCUT2D eigenvalue weighted by atomic mass is 19.1. The van der Waals surface area contributed by atoms with Crippen molar-refractivity contribution in [3.63, 3.8) is 0 Å². The summed E-state index contributed by atoms with van der Waals surface area (Å²) in [4.78, 5) is 2.39. The van der Waals surface area contributed by atoms with Gasteiger partial charge < -0.3 is 4.42 Å². The fourth-order valence-corrected chi connectivity index (χ4v) is 3.15. The normalized spacial score (nSPS) is 19.5. The van der Waals surface area contributed by atoms with Crippen LogP contribution in [0.15, 0.2) is 28.7 Å². The van der Waals surface area contributed by atoms with Crippen LogP contribution in [0.4, 0.5) is 4.39 Å². The van der Waals surface area contributed by atoms with Gasteiger partial charge in [0.25, 0.3) is 0 Å². The van der Waals surface area contributed by atoms with Gasteiger partial charge in [-0.1, -0.05) is 12.1 Å². The van der Waals surface area contributed by atoms with E-state index in [-0.39, 0.29) is 5.82 Å². The largest absolute Gasteiger partial charge is 0.424 e. The minimum Gasteiger partial charge on any atom is -0.424 e. The summed E-state index contributed by atoms with van der Waals surface area (Å²) < 4.78 is 18.4. The molecule has 1 unspecified atom stereocenters. The molecule has 1 saturated heterocycles. The van der Waals surface area contributed by atoms with Crippen LogP contribution < -0.4 is 0 Å². The summed E-state index contributed by atoms with van der Waals surface area (Å²) in [7, 11) is 0. The van der Waals surface area contributed by atoms with Crippen LogP contribution in [0.25, 0.3) is 0 Å². The molecule has 4 nitrogen and oxygen atoms in total. The number of benzene rings is 1. The lowest BCUT2D eigenvalue weighted by Crippen LogP contribution is -2.35. The van der Waals surface area contributed by atoms with Crippen LogP contribution in [0.5, 0.6) is 0 Å². The van der Waals surface area contributed by atoms with E-state index in [4.69, 9.17) is 4.42 Å². The highest BCUT2D eigenvalue weighted by Gasteiger charge is 2.21. The molecule has 1 aromatic heterocycles. The number of piperidine rings is 1. The van der Waals surface area contributed by atoms with Crippen molar-refractivity contribution in [1.82, 2.24) is 15.1 Å². The SMILES string of the molecule is Cc1nnc(CN2CCCC(CCc3ccc(F)cc3)C2)o1. The van der Waals surface area contributed by atoms with Crippen LogP contribution in [-0.4, -0.2) is 28.2 Å². The maximum absolute atomic E-state index is 12.9. The van der Waals surface area contributed by atoms with E-state index in [9.17, 15) is 4.39 Å². The topological polar surface area (TPSA) is 42.2 Å². The lowest BCUT2D eigenvalue weighted by Gasteiger charge is -2.31. The van der Waals surface area contributed by atoms with Gasteiger partial charge in [-0.3, -0.25) is 4.90 Å². The number of likely N-dealkylation sites (tertiary alicyclic amines) is 1. The first-order valence-corrected chi connectivity index (χ1v) is 7.95. The van der Waals surface area contributed by atoms with Gasteiger partial charge in [0.2, 0.25) is 11.8 Å². The predicted octanol–water partition coefficient (Wildman–Crippen LogP) is 3.36. The molecule has 2 aromatic rings. The van der Waals surface area contributed by atoms with Gasteiger partial charge in [-0.05, 0) is 55.8 Å². The van der Waals surface area contributed by atoms with Crippen molar-refractivity contribution in [2.75, 3.05) is 13.1 Å². The number of hydrogen-bond acceptors (Lipinski definition) is 4. The third-order valence-corrected chi connectivity index (χ3v) is 4.28. The average molecular weight is 303 g/mol. The summed E-state index contributed by atoms with van der Waals surface area (Å²) in [6, 6.07) is 6.86. The molecule has 3 rings (SSSR count). The third kappa shape index (κ3) is 4.13. The Kier molecular flexibility index (Phi) is 4.83. The number of aryl methyl sites for hydroxylation is 2. The first-order valence-electron chi connectivity index (χ1n) is 7.95. The number of halogens is 1. The molecule has 1 aromatic carbocycles. The minimum atomic E-state index is -0.164. The minimum absolute atomic E-state index is 0.164. The molecule has 0 N–H and O–H groups in total. The second kappa shape index (κ2) is 7.01. The molecule has 0 saturated carbocycles. The molecular formula is C17H22FN3O. The summed E-state index contributed by atoms with van der Waals surface area (Å²) in [6.07, 6.45) is 4.63. The molecule has 1 aliphatic rings. The van der Waals surface area contributed by atoms with E-state index in [1.165, 1.54) is 18.4 Å². The Labute approximate surface area is 130 Å². The molecule has 118 valence electrons. The predicted molar refractivity (Wildman–Crippen MR) is 81.8 cm³/mol. The van der Waals surface area contributed by atoms with Crippen molar-refractivity contribution < 1.29 is 8.81 Å². The number of rotatable bonds is 5. The van der Waals surface area contributed by atoms with Crippen LogP contribution >= 0.6 is 0 Å². The van der Waals surface area contributed by atoms with E-state index in [1.807, 2.05) is 19.1 Å². The maximum atomic E-state index is 12.9. The molecule has 0 amide bonds. The van der Waals surface area contributed by atoms with E-state index in [0.717, 1.165) is 32.5 Å². The molecule has 0 aliphatic carbocycles. The van der Waals surface area contributed by atoms with Crippen LogP contribution in [0.1, 0.15) is 36.6 Å². The summed E-state index contributed by atoms with van der Waals surface area (Å²) >= 11 is 0. The van der Waals surface area contributed by atoms with Gasteiger partial charge in [-0.2, -0.15) is 0 Å². The van der Waals surface area contributed by atoms with Gasteiger partial charge in [0.05, 0.1) is 6.54 Å². The summed E-state index contributed by atoms with van der Waals surface area (Å²) in [5.74, 6) is 1.85. The number of hydrogen-bond donors (Lipinski definition) is 0. The van der Waals surface area contributed by atoms with Crippen molar-refractivity contribution in [1.29, 1.82) is 0 Å². The van der Waals surface area contributed by atoms with Crippen LogP contribution in [-0.2, 0) is 13.0 Å². The van der Waals surface area contributed by atoms with Gasteiger partial charge in [0.15, 0.2) is 0 Å². The molecule has 0 spiro atoms. The third-order valence-electron chi connectivity index (χ3n) is 4.28. The zero-order valence-electron chi connectivity index (χ0n) is 13.0. The van der Waals surface area contributed by atoms with Gasteiger partial charge in [0, 0.05) is 13.5 Å². The average Bonchev–Trinajstić information content (AvgIpc) is 2.92. The Hall–Kier alpha value is -1.75. The molecule has 1 fully saturated rings. The maximum Gasteiger partial charge on any atom is 0.230 e. The van der Waals surface area contributed by atoms with Gasteiger partial charge >= 0.3 is 0 Å². The Balaban J connectivity index is 1.49. The quantitative estimate of drug-likeness (QED) is 0.849. The summed E-state index contributed by atoms with van der Waals surface area (Å²) in [5.41, 5.74) is 1.21. The van der Waals surface area contributed by atoms with Gasteiger partial charge in [0.1, 0.15) is 5.82 Å². The van der Waals surface area contributed by atoms with E-state index in [2.05, 4.69) is 15.1 Å². The van der Waals surface area contributed by atoms with Crippen molar-refractivity contribution in [2.24, 2.45) is 5.92 Å². The zero-order valence-corrected chi connectivity index (χ0v) is 13.0. The van der Waals surface area contributed by atoms with Crippen molar-refractivity contribution in [3.8, 4) is 0 Å². The first-order chi connectivity index (χ1) is 10.7. The Morgan fingerprint density at radius 3 is 2.82 bits per heavy atom. The molecule has 1 aliphatic heterocycles. The lowest BCUT2D eigenvalue weighted by atomic mass is 9.91. The molecule has 0 bridgehead atoms. The van der Waals surface area contributed by atoms with E-state index < -0.39 is 0 Å². The van der Waals surface area contributed by atoms with Gasteiger partial charge in [-0.15, -0.1) is 10.2 Å². The van der Waals surface area contributed by atoms with Crippen molar-refractivity contribution in [2.45, 2.75) is 39.2 Å². The highest BCUT2D eigenvalue weighted by Crippen LogP contribution is 2.22. The molecular weight excluding hydrogens is 281 g/mol. The second-order valence-corrected chi connectivity index (χ2v) is 6.12. The highest BCUT2D eigenvalue weighted by molar-refractivity contribution is 5.16. The molecule has 0 radical (unpaired) electrons. The molecule has 1 atom stereocenters. The number of aromatic nitrogens is 2. The molecule has 22 heavy (non-hydrogen) atoms. The van der Waals surface area contributed by atoms with E-state index in [1.54, 1.807) is 12.1 Å². The first kappa shape index (κ1) is 15.2. The van der Waals surface area contributed by atoms with Crippen molar-refractivity contribution in [3.05, 3.63) is 47.4 Å². The summed E-state index contributed by atoms with van der Waals surface area (Å²) in [5, 5.41) is 7.95. The van der Waals surface area contributed by atoms with Crippen LogP contribution in [0.2, 0.25) is 0 Å².